The van der Waals surface area contributed by atoms with Gasteiger partial charge in [0, 0.05) is 22.6 Å². The number of ether oxygens (including phenoxy) is 1. The van der Waals surface area contributed by atoms with Gasteiger partial charge in [-0.1, -0.05) is 27.5 Å². The van der Waals surface area contributed by atoms with Gasteiger partial charge in [-0.3, -0.25) is 0 Å². The molecule has 94 valence electrons. The van der Waals surface area contributed by atoms with Crippen LogP contribution in [0.2, 0.25) is 5.02 Å². The van der Waals surface area contributed by atoms with E-state index in [9.17, 15) is 0 Å². The van der Waals surface area contributed by atoms with Gasteiger partial charge in [0.15, 0.2) is 0 Å². The zero-order chi connectivity index (χ0) is 12.1. The third kappa shape index (κ3) is 4.25. The molecular weight excluding hydrogens is 302 g/mol. The van der Waals surface area contributed by atoms with E-state index in [0.29, 0.717) is 6.10 Å². The Labute approximate surface area is 116 Å². The number of benzene rings is 1. The lowest BCUT2D eigenvalue weighted by Crippen LogP contribution is -2.20. The van der Waals surface area contributed by atoms with Crippen molar-refractivity contribution in [3.63, 3.8) is 0 Å². The zero-order valence-corrected chi connectivity index (χ0v) is 12.1. The van der Waals surface area contributed by atoms with Crippen molar-refractivity contribution in [2.75, 3.05) is 13.2 Å². The number of rotatable bonds is 5. The van der Waals surface area contributed by atoms with Crippen LogP contribution in [0.1, 0.15) is 24.8 Å². The number of halogens is 2. The molecule has 1 aliphatic rings. The molecular formula is C13H17BrClNO. The Bertz CT molecular complexity index is 366. The van der Waals surface area contributed by atoms with E-state index in [2.05, 4.69) is 27.3 Å². The van der Waals surface area contributed by atoms with Gasteiger partial charge in [-0.15, -0.1) is 0 Å². The average molecular weight is 319 g/mol. The lowest BCUT2D eigenvalue weighted by molar-refractivity contribution is 0.104. The predicted octanol–water partition coefficient (Wildman–Crippen LogP) is 3.76. The van der Waals surface area contributed by atoms with E-state index in [-0.39, 0.29) is 0 Å². The molecule has 0 radical (unpaired) electrons. The number of hydrogen-bond donors (Lipinski definition) is 1. The van der Waals surface area contributed by atoms with Crippen molar-refractivity contribution in [3.8, 4) is 0 Å². The molecule has 1 N–H and O–H groups in total. The minimum Gasteiger partial charge on any atom is -0.378 e. The standard InChI is InChI=1S/C13H17BrClNO/c14-11-3-4-13(15)10(8-11)9-16-6-5-12-2-1-7-17-12/h3-4,8,12,16H,1-2,5-7,9H2. The molecule has 1 aliphatic heterocycles. The van der Waals surface area contributed by atoms with Crippen LogP contribution < -0.4 is 5.32 Å². The normalized spacial score (nSPS) is 19.8. The largest absolute Gasteiger partial charge is 0.378 e. The van der Waals surface area contributed by atoms with E-state index in [0.717, 1.165) is 41.2 Å². The first kappa shape index (κ1) is 13.3. The Morgan fingerprint density at radius 1 is 1.47 bits per heavy atom. The zero-order valence-electron chi connectivity index (χ0n) is 9.72. The predicted molar refractivity (Wildman–Crippen MR) is 74.4 cm³/mol. The Morgan fingerprint density at radius 3 is 3.12 bits per heavy atom. The molecule has 17 heavy (non-hydrogen) atoms. The lowest BCUT2D eigenvalue weighted by atomic mass is 10.2. The van der Waals surface area contributed by atoms with E-state index < -0.39 is 0 Å². The summed E-state index contributed by atoms with van der Waals surface area (Å²) in [5.41, 5.74) is 1.13. The molecule has 1 saturated heterocycles. The van der Waals surface area contributed by atoms with Crippen LogP contribution in [0.4, 0.5) is 0 Å². The Kier molecular flexibility index (Phi) is 5.29. The van der Waals surface area contributed by atoms with Crippen molar-refractivity contribution in [1.29, 1.82) is 0 Å². The highest BCUT2D eigenvalue weighted by atomic mass is 79.9. The highest BCUT2D eigenvalue weighted by Gasteiger charge is 2.14. The van der Waals surface area contributed by atoms with E-state index >= 15 is 0 Å². The van der Waals surface area contributed by atoms with Crippen molar-refractivity contribution < 1.29 is 4.74 Å². The quantitative estimate of drug-likeness (QED) is 0.835. The SMILES string of the molecule is Clc1ccc(Br)cc1CNCCC1CCCO1. The molecule has 0 spiro atoms. The molecule has 0 saturated carbocycles. The van der Waals surface area contributed by atoms with Crippen LogP contribution in [0.25, 0.3) is 0 Å². The molecule has 1 atom stereocenters. The van der Waals surface area contributed by atoms with Gasteiger partial charge < -0.3 is 10.1 Å². The first-order valence-corrected chi connectivity index (χ1v) is 7.19. The summed E-state index contributed by atoms with van der Waals surface area (Å²) < 4.78 is 6.64. The van der Waals surface area contributed by atoms with Crippen LogP contribution in [-0.4, -0.2) is 19.3 Å². The van der Waals surface area contributed by atoms with Gasteiger partial charge in [0.1, 0.15) is 0 Å². The molecule has 1 fully saturated rings. The molecule has 0 aromatic heterocycles. The van der Waals surface area contributed by atoms with Gasteiger partial charge in [-0.25, -0.2) is 0 Å². The minimum atomic E-state index is 0.459. The maximum atomic E-state index is 6.12. The third-order valence-electron chi connectivity index (χ3n) is 2.99. The smallest absolute Gasteiger partial charge is 0.0588 e. The number of nitrogens with one attached hydrogen (secondary N) is 1. The maximum absolute atomic E-state index is 6.12. The van der Waals surface area contributed by atoms with Crippen LogP contribution in [0.5, 0.6) is 0 Å². The summed E-state index contributed by atoms with van der Waals surface area (Å²) in [7, 11) is 0. The Hall–Kier alpha value is -0.0900. The lowest BCUT2D eigenvalue weighted by Gasteiger charge is -2.11. The summed E-state index contributed by atoms with van der Waals surface area (Å²) in [6.45, 7) is 2.72. The first-order chi connectivity index (χ1) is 8.25. The molecule has 0 amide bonds. The molecule has 2 nitrogen and oxygen atoms in total. The van der Waals surface area contributed by atoms with E-state index in [1.807, 2.05) is 12.1 Å². The fraction of sp³-hybridized carbons (Fsp3) is 0.538. The van der Waals surface area contributed by atoms with Crippen molar-refractivity contribution in [2.45, 2.75) is 31.9 Å². The van der Waals surface area contributed by atoms with Crippen LogP contribution in [0.3, 0.4) is 0 Å². The van der Waals surface area contributed by atoms with Gasteiger partial charge in [0.25, 0.3) is 0 Å². The van der Waals surface area contributed by atoms with E-state index in [1.54, 1.807) is 0 Å². The molecule has 1 aromatic carbocycles. The Morgan fingerprint density at radius 2 is 2.35 bits per heavy atom. The molecule has 0 bridgehead atoms. The summed E-state index contributed by atoms with van der Waals surface area (Å²) in [6, 6.07) is 5.93. The first-order valence-electron chi connectivity index (χ1n) is 6.02. The fourth-order valence-electron chi connectivity index (χ4n) is 2.04. The summed E-state index contributed by atoms with van der Waals surface area (Å²) in [6.07, 6.45) is 3.97. The van der Waals surface area contributed by atoms with Crippen molar-refractivity contribution in [2.24, 2.45) is 0 Å². The molecule has 2 rings (SSSR count). The number of hydrogen-bond acceptors (Lipinski definition) is 2. The van der Waals surface area contributed by atoms with Gasteiger partial charge >= 0.3 is 0 Å². The van der Waals surface area contributed by atoms with E-state index in [4.69, 9.17) is 16.3 Å². The summed E-state index contributed by atoms with van der Waals surface area (Å²) in [4.78, 5) is 0. The third-order valence-corrected chi connectivity index (χ3v) is 3.85. The van der Waals surface area contributed by atoms with Crippen LogP contribution in [-0.2, 0) is 11.3 Å². The van der Waals surface area contributed by atoms with Gasteiger partial charge in [0.05, 0.1) is 6.10 Å². The second kappa shape index (κ2) is 6.74. The minimum absolute atomic E-state index is 0.459. The second-order valence-corrected chi connectivity index (χ2v) is 5.66. The highest BCUT2D eigenvalue weighted by molar-refractivity contribution is 9.10. The molecule has 0 aliphatic carbocycles. The Balaban J connectivity index is 1.72. The van der Waals surface area contributed by atoms with Crippen LogP contribution in [0, 0.1) is 0 Å². The van der Waals surface area contributed by atoms with Gasteiger partial charge in [-0.2, -0.15) is 0 Å². The highest BCUT2D eigenvalue weighted by Crippen LogP contribution is 2.21. The van der Waals surface area contributed by atoms with Gasteiger partial charge in [-0.05, 0) is 49.6 Å². The topological polar surface area (TPSA) is 21.3 Å². The molecule has 1 unspecified atom stereocenters. The molecule has 4 heteroatoms. The van der Waals surface area contributed by atoms with Crippen molar-refractivity contribution in [1.82, 2.24) is 5.32 Å². The summed E-state index contributed by atoms with van der Waals surface area (Å²) >= 11 is 9.57. The average Bonchev–Trinajstić information content (AvgIpc) is 2.82. The van der Waals surface area contributed by atoms with E-state index in [1.165, 1.54) is 12.8 Å². The monoisotopic (exact) mass is 317 g/mol. The maximum Gasteiger partial charge on any atom is 0.0588 e. The van der Waals surface area contributed by atoms with Crippen molar-refractivity contribution in [3.05, 3.63) is 33.3 Å². The molecule has 1 heterocycles. The van der Waals surface area contributed by atoms with Crippen molar-refractivity contribution >= 4 is 27.5 Å². The van der Waals surface area contributed by atoms with Crippen LogP contribution in [0.15, 0.2) is 22.7 Å². The fourth-order valence-corrected chi connectivity index (χ4v) is 2.63. The van der Waals surface area contributed by atoms with Gasteiger partial charge in [0.2, 0.25) is 0 Å². The molecule has 1 aromatic rings. The second-order valence-electron chi connectivity index (χ2n) is 4.34. The van der Waals surface area contributed by atoms with Crippen LogP contribution >= 0.6 is 27.5 Å². The summed E-state index contributed by atoms with van der Waals surface area (Å²) in [5, 5.41) is 4.23. The summed E-state index contributed by atoms with van der Waals surface area (Å²) in [5.74, 6) is 0.